The standard InChI is InChI=1S/C18H17FN2O3S/c1-3-11-20-25(23,24)17-6-4-5-15(12-17)18(22)21-13(2)14-7-9-16(19)10-8-14/h1,4-10,12-13,20H,11H2,2H3,(H,21,22). The second-order valence-corrected chi connectivity index (χ2v) is 7.07. The molecule has 0 aromatic heterocycles. The molecule has 0 bridgehead atoms. The summed E-state index contributed by atoms with van der Waals surface area (Å²) in [5, 5.41) is 2.74. The Labute approximate surface area is 146 Å². The van der Waals surface area contributed by atoms with E-state index in [2.05, 4.69) is 16.0 Å². The average molecular weight is 360 g/mol. The molecule has 1 unspecified atom stereocenters. The molecule has 130 valence electrons. The minimum absolute atomic E-state index is 0.0511. The smallest absolute Gasteiger partial charge is 0.251 e. The SMILES string of the molecule is C#CCNS(=O)(=O)c1cccc(C(=O)NC(C)c2ccc(F)cc2)c1. The first-order chi connectivity index (χ1) is 11.8. The molecule has 0 fully saturated rings. The van der Waals surface area contributed by atoms with Crippen molar-refractivity contribution in [2.75, 3.05) is 6.54 Å². The summed E-state index contributed by atoms with van der Waals surface area (Å²) in [7, 11) is -3.78. The summed E-state index contributed by atoms with van der Waals surface area (Å²) in [5.74, 6) is 1.38. The molecule has 2 aromatic carbocycles. The molecule has 1 atom stereocenters. The fourth-order valence-electron chi connectivity index (χ4n) is 2.14. The molecule has 0 radical (unpaired) electrons. The number of hydrogen-bond donors (Lipinski definition) is 2. The van der Waals surface area contributed by atoms with Crippen LogP contribution in [0.2, 0.25) is 0 Å². The summed E-state index contributed by atoms with van der Waals surface area (Å²) in [6, 6.07) is 11.0. The number of benzene rings is 2. The zero-order valence-electron chi connectivity index (χ0n) is 13.5. The van der Waals surface area contributed by atoms with Gasteiger partial charge in [0.1, 0.15) is 5.82 Å². The van der Waals surface area contributed by atoms with Gasteiger partial charge < -0.3 is 5.32 Å². The van der Waals surface area contributed by atoms with Crippen molar-refractivity contribution < 1.29 is 17.6 Å². The van der Waals surface area contributed by atoms with Gasteiger partial charge >= 0.3 is 0 Å². The van der Waals surface area contributed by atoms with Crippen molar-refractivity contribution in [1.82, 2.24) is 10.0 Å². The van der Waals surface area contributed by atoms with Gasteiger partial charge in [0.25, 0.3) is 5.91 Å². The highest BCUT2D eigenvalue weighted by atomic mass is 32.2. The zero-order chi connectivity index (χ0) is 18.4. The maximum Gasteiger partial charge on any atom is 0.251 e. The number of carbonyl (C=O) groups excluding carboxylic acids is 1. The Morgan fingerprint density at radius 2 is 1.92 bits per heavy atom. The molecule has 0 aliphatic carbocycles. The molecular weight excluding hydrogens is 343 g/mol. The minimum atomic E-state index is -3.78. The van der Waals surface area contributed by atoms with Gasteiger partial charge in [-0.25, -0.2) is 12.8 Å². The van der Waals surface area contributed by atoms with Crippen molar-refractivity contribution in [2.24, 2.45) is 0 Å². The summed E-state index contributed by atoms with van der Waals surface area (Å²) in [6.07, 6.45) is 5.05. The Kier molecular flexibility index (Phi) is 5.91. The van der Waals surface area contributed by atoms with E-state index in [4.69, 9.17) is 6.42 Å². The first kappa shape index (κ1) is 18.6. The van der Waals surface area contributed by atoms with E-state index in [0.717, 1.165) is 5.56 Å². The van der Waals surface area contributed by atoms with Crippen LogP contribution in [0.5, 0.6) is 0 Å². The lowest BCUT2D eigenvalue weighted by molar-refractivity contribution is 0.0939. The first-order valence-electron chi connectivity index (χ1n) is 7.43. The van der Waals surface area contributed by atoms with E-state index in [1.165, 1.54) is 36.4 Å². The van der Waals surface area contributed by atoms with Crippen LogP contribution in [-0.4, -0.2) is 20.9 Å². The van der Waals surface area contributed by atoms with Crippen molar-refractivity contribution in [1.29, 1.82) is 0 Å². The van der Waals surface area contributed by atoms with Crippen molar-refractivity contribution >= 4 is 15.9 Å². The molecule has 0 aliphatic rings. The number of carbonyl (C=O) groups is 1. The Morgan fingerprint density at radius 1 is 1.24 bits per heavy atom. The lowest BCUT2D eigenvalue weighted by atomic mass is 10.1. The Morgan fingerprint density at radius 3 is 2.56 bits per heavy atom. The quantitative estimate of drug-likeness (QED) is 0.776. The van der Waals surface area contributed by atoms with Gasteiger partial charge in [-0.3, -0.25) is 4.79 Å². The normalized spacial score (nSPS) is 12.2. The number of rotatable bonds is 6. The number of sulfonamides is 1. The average Bonchev–Trinajstić information content (AvgIpc) is 2.60. The molecule has 2 N–H and O–H groups in total. The van der Waals surface area contributed by atoms with E-state index in [9.17, 15) is 17.6 Å². The number of terminal acetylenes is 1. The summed E-state index contributed by atoms with van der Waals surface area (Å²) in [4.78, 5) is 12.3. The molecule has 0 heterocycles. The van der Waals surface area contributed by atoms with E-state index in [-0.39, 0.29) is 28.9 Å². The fourth-order valence-corrected chi connectivity index (χ4v) is 3.12. The Balaban J connectivity index is 2.16. The highest BCUT2D eigenvalue weighted by Crippen LogP contribution is 2.15. The Hall–Kier alpha value is -2.69. The Bertz CT molecular complexity index is 903. The van der Waals surface area contributed by atoms with Gasteiger partial charge in [-0.2, -0.15) is 4.72 Å². The number of halogens is 1. The topological polar surface area (TPSA) is 75.3 Å². The molecule has 5 nitrogen and oxygen atoms in total. The highest BCUT2D eigenvalue weighted by molar-refractivity contribution is 7.89. The molecule has 0 spiro atoms. The van der Waals surface area contributed by atoms with E-state index >= 15 is 0 Å². The maximum atomic E-state index is 13.0. The van der Waals surface area contributed by atoms with E-state index in [0.29, 0.717) is 0 Å². The van der Waals surface area contributed by atoms with Crippen LogP contribution in [-0.2, 0) is 10.0 Å². The molecule has 7 heteroatoms. The lowest BCUT2D eigenvalue weighted by Gasteiger charge is -2.15. The summed E-state index contributed by atoms with van der Waals surface area (Å²) in [5.41, 5.74) is 0.923. The van der Waals surface area contributed by atoms with Gasteiger partial charge in [-0.05, 0) is 42.8 Å². The van der Waals surface area contributed by atoms with Crippen molar-refractivity contribution in [2.45, 2.75) is 17.9 Å². The van der Waals surface area contributed by atoms with E-state index in [1.807, 2.05) is 0 Å². The van der Waals surface area contributed by atoms with Crippen LogP contribution in [0.1, 0.15) is 28.9 Å². The highest BCUT2D eigenvalue weighted by Gasteiger charge is 2.17. The molecule has 0 saturated heterocycles. The fraction of sp³-hybridized carbons (Fsp3) is 0.167. The number of nitrogens with one attached hydrogen (secondary N) is 2. The van der Waals surface area contributed by atoms with Gasteiger partial charge in [0.2, 0.25) is 10.0 Å². The van der Waals surface area contributed by atoms with Gasteiger partial charge in [0.05, 0.1) is 17.5 Å². The van der Waals surface area contributed by atoms with Crippen LogP contribution in [0.25, 0.3) is 0 Å². The van der Waals surface area contributed by atoms with E-state index < -0.39 is 15.9 Å². The van der Waals surface area contributed by atoms with Gasteiger partial charge in [-0.15, -0.1) is 6.42 Å². The number of hydrogen-bond acceptors (Lipinski definition) is 3. The van der Waals surface area contributed by atoms with Crippen LogP contribution in [0.3, 0.4) is 0 Å². The van der Waals surface area contributed by atoms with Crippen LogP contribution in [0.4, 0.5) is 4.39 Å². The third-order valence-corrected chi connectivity index (χ3v) is 4.89. The molecule has 0 saturated carbocycles. The minimum Gasteiger partial charge on any atom is -0.346 e. The second kappa shape index (κ2) is 7.92. The van der Waals surface area contributed by atoms with Gasteiger partial charge in [0.15, 0.2) is 0 Å². The van der Waals surface area contributed by atoms with Crippen LogP contribution in [0.15, 0.2) is 53.4 Å². The first-order valence-corrected chi connectivity index (χ1v) is 8.91. The van der Waals surface area contributed by atoms with Crippen molar-refractivity contribution in [3.05, 3.63) is 65.5 Å². The molecular formula is C18H17FN2O3S. The predicted molar refractivity (Wildman–Crippen MR) is 92.7 cm³/mol. The summed E-state index contributed by atoms with van der Waals surface area (Å²) < 4.78 is 39.3. The van der Waals surface area contributed by atoms with Gasteiger partial charge in [-0.1, -0.05) is 24.1 Å². The van der Waals surface area contributed by atoms with Crippen LogP contribution >= 0.6 is 0 Å². The van der Waals surface area contributed by atoms with Gasteiger partial charge in [0, 0.05) is 5.56 Å². The molecule has 2 rings (SSSR count). The number of amides is 1. The summed E-state index contributed by atoms with van der Waals surface area (Å²) >= 11 is 0. The second-order valence-electron chi connectivity index (χ2n) is 5.30. The monoisotopic (exact) mass is 360 g/mol. The molecule has 25 heavy (non-hydrogen) atoms. The predicted octanol–water partition coefficient (Wildman–Crippen LogP) is 2.23. The summed E-state index contributed by atoms with van der Waals surface area (Å²) in [6.45, 7) is 1.61. The third kappa shape index (κ3) is 4.89. The molecule has 1 amide bonds. The maximum absolute atomic E-state index is 13.0. The van der Waals surface area contributed by atoms with Crippen molar-refractivity contribution in [3.8, 4) is 12.3 Å². The lowest BCUT2D eigenvalue weighted by Crippen LogP contribution is -2.27. The molecule has 0 aliphatic heterocycles. The zero-order valence-corrected chi connectivity index (χ0v) is 14.3. The van der Waals surface area contributed by atoms with E-state index in [1.54, 1.807) is 19.1 Å². The largest absolute Gasteiger partial charge is 0.346 e. The van der Waals surface area contributed by atoms with Crippen LogP contribution < -0.4 is 10.0 Å². The molecule has 2 aromatic rings. The van der Waals surface area contributed by atoms with Crippen LogP contribution in [0, 0.1) is 18.2 Å². The third-order valence-electron chi connectivity index (χ3n) is 3.49. The van der Waals surface area contributed by atoms with Crippen molar-refractivity contribution in [3.63, 3.8) is 0 Å².